The highest BCUT2D eigenvalue weighted by atomic mass is 79.9. The number of para-hydroxylation sites is 2. The summed E-state index contributed by atoms with van der Waals surface area (Å²) in [5.41, 5.74) is 1.33. The van der Waals surface area contributed by atoms with Gasteiger partial charge in [0.2, 0.25) is 0 Å². The predicted molar refractivity (Wildman–Crippen MR) is 88.3 cm³/mol. The number of amides is 1. The van der Waals surface area contributed by atoms with Crippen molar-refractivity contribution in [2.45, 2.75) is 0 Å². The van der Waals surface area contributed by atoms with Crippen LogP contribution < -0.4 is 10.1 Å². The minimum atomic E-state index is -0.234. The van der Waals surface area contributed by atoms with Crippen LogP contribution in [0.4, 0.5) is 5.13 Å². The summed E-state index contributed by atoms with van der Waals surface area (Å²) in [5, 5.41) is 3.38. The fraction of sp³-hybridized carbons (Fsp3) is 0.0667. The number of hydrogen-bond donors (Lipinski definition) is 1. The Balaban J connectivity index is 1.91. The van der Waals surface area contributed by atoms with Crippen molar-refractivity contribution in [3.8, 4) is 5.75 Å². The van der Waals surface area contributed by atoms with E-state index in [0.717, 1.165) is 14.7 Å². The number of carbonyl (C=O) groups excluding carboxylic acids is 1. The van der Waals surface area contributed by atoms with Gasteiger partial charge in [-0.25, -0.2) is 4.98 Å². The highest BCUT2D eigenvalue weighted by Crippen LogP contribution is 2.31. The Morgan fingerprint density at radius 1 is 1.24 bits per heavy atom. The maximum atomic E-state index is 12.3. The number of benzene rings is 2. The molecule has 21 heavy (non-hydrogen) atoms. The number of rotatable bonds is 3. The zero-order chi connectivity index (χ0) is 14.8. The molecule has 0 atom stereocenters. The van der Waals surface area contributed by atoms with E-state index < -0.39 is 0 Å². The van der Waals surface area contributed by atoms with Crippen LogP contribution in [0.15, 0.2) is 46.9 Å². The van der Waals surface area contributed by atoms with Gasteiger partial charge in [-0.3, -0.25) is 10.1 Å². The standard InChI is InChI=1S/C15H11BrN2O2S/c1-20-11-7-3-2-5-9(11)14(19)18-15-17-13-10(16)6-4-8-12(13)21-15/h2-8H,1H3,(H,17,18,19). The number of carbonyl (C=O) groups is 1. The van der Waals surface area contributed by atoms with Gasteiger partial charge >= 0.3 is 0 Å². The molecule has 0 aliphatic carbocycles. The van der Waals surface area contributed by atoms with Crippen molar-refractivity contribution in [2.24, 2.45) is 0 Å². The summed E-state index contributed by atoms with van der Waals surface area (Å²) in [6.45, 7) is 0. The molecule has 6 heteroatoms. The van der Waals surface area contributed by atoms with E-state index in [1.54, 1.807) is 25.3 Å². The molecule has 0 saturated carbocycles. The molecular formula is C15H11BrN2O2S. The van der Waals surface area contributed by atoms with E-state index in [9.17, 15) is 4.79 Å². The molecule has 0 aliphatic rings. The largest absolute Gasteiger partial charge is 0.496 e. The molecule has 1 heterocycles. The van der Waals surface area contributed by atoms with Gasteiger partial charge in [-0.2, -0.15) is 0 Å². The summed E-state index contributed by atoms with van der Waals surface area (Å²) in [7, 11) is 1.54. The first-order chi connectivity index (χ1) is 10.2. The molecule has 0 radical (unpaired) electrons. The lowest BCUT2D eigenvalue weighted by molar-refractivity contribution is 0.102. The molecule has 3 rings (SSSR count). The van der Waals surface area contributed by atoms with Gasteiger partial charge in [0.15, 0.2) is 5.13 Å². The van der Waals surface area contributed by atoms with Gasteiger partial charge in [-0.15, -0.1) is 0 Å². The number of ether oxygens (including phenoxy) is 1. The number of fused-ring (bicyclic) bond motifs is 1. The van der Waals surface area contributed by atoms with Gasteiger partial charge in [-0.1, -0.05) is 29.5 Å². The second-order valence-electron chi connectivity index (χ2n) is 4.26. The minimum Gasteiger partial charge on any atom is -0.496 e. The summed E-state index contributed by atoms with van der Waals surface area (Å²) in [5.74, 6) is 0.305. The second kappa shape index (κ2) is 5.83. The third-order valence-corrected chi connectivity index (χ3v) is 4.52. The van der Waals surface area contributed by atoms with Crippen molar-refractivity contribution in [1.82, 2.24) is 4.98 Å². The van der Waals surface area contributed by atoms with Crippen molar-refractivity contribution in [2.75, 3.05) is 12.4 Å². The van der Waals surface area contributed by atoms with Crippen LogP contribution in [0.1, 0.15) is 10.4 Å². The van der Waals surface area contributed by atoms with E-state index >= 15 is 0 Å². The van der Waals surface area contributed by atoms with Gasteiger partial charge in [-0.05, 0) is 40.2 Å². The number of halogens is 1. The molecular weight excluding hydrogens is 352 g/mol. The summed E-state index contributed by atoms with van der Waals surface area (Å²) in [6.07, 6.45) is 0. The molecule has 0 saturated heterocycles. The van der Waals surface area contributed by atoms with Gasteiger partial charge in [0, 0.05) is 4.47 Å². The van der Waals surface area contributed by atoms with E-state index in [4.69, 9.17) is 4.74 Å². The molecule has 0 fully saturated rings. The fourth-order valence-corrected chi connectivity index (χ4v) is 3.44. The van der Waals surface area contributed by atoms with Crippen molar-refractivity contribution < 1.29 is 9.53 Å². The van der Waals surface area contributed by atoms with Crippen LogP contribution in [0.3, 0.4) is 0 Å². The molecule has 0 bridgehead atoms. The lowest BCUT2D eigenvalue weighted by Gasteiger charge is -2.06. The number of anilines is 1. The fourth-order valence-electron chi connectivity index (χ4n) is 1.97. The summed E-state index contributed by atoms with van der Waals surface area (Å²) in [6, 6.07) is 12.9. The Bertz CT molecular complexity index is 816. The van der Waals surface area contributed by atoms with Gasteiger partial charge < -0.3 is 4.74 Å². The third kappa shape index (κ3) is 2.77. The normalized spacial score (nSPS) is 10.6. The monoisotopic (exact) mass is 362 g/mol. The number of nitrogens with zero attached hydrogens (tertiary/aromatic N) is 1. The van der Waals surface area contributed by atoms with Gasteiger partial charge in [0.1, 0.15) is 5.75 Å². The van der Waals surface area contributed by atoms with Crippen LogP contribution >= 0.6 is 27.3 Å². The van der Waals surface area contributed by atoms with E-state index in [0.29, 0.717) is 16.4 Å². The van der Waals surface area contributed by atoms with Crippen LogP contribution in [-0.2, 0) is 0 Å². The molecule has 1 aromatic heterocycles. The predicted octanol–water partition coefficient (Wildman–Crippen LogP) is 4.32. The quantitative estimate of drug-likeness (QED) is 0.754. The Labute approximate surface area is 133 Å². The SMILES string of the molecule is COc1ccccc1C(=O)Nc1nc2c(Br)cccc2s1. The maximum Gasteiger partial charge on any atom is 0.261 e. The number of hydrogen-bond acceptors (Lipinski definition) is 4. The first-order valence-electron chi connectivity index (χ1n) is 6.18. The third-order valence-electron chi connectivity index (χ3n) is 2.94. The van der Waals surface area contributed by atoms with Crippen molar-refractivity contribution in [3.05, 3.63) is 52.5 Å². The lowest BCUT2D eigenvalue weighted by atomic mass is 10.2. The Kier molecular flexibility index (Phi) is 3.90. The van der Waals surface area contributed by atoms with E-state index in [1.165, 1.54) is 11.3 Å². The molecule has 4 nitrogen and oxygen atoms in total. The van der Waals surface area contributed by atoms with Crippen LogP contribution in [0.5, 0.6) is 5.75 Å². The molecule has 2 aromatic carbocycles. The average Bonchev–Trinajstić information content (AvgIpc) is 2.91. The summed E-state index contributed by atoms with van der Waals surface area (Å²) < 4.78 is 7.12. The minimum absolute atomic E-state index is 0.234. The second-order valence-corrected chi connectivity index (χ2v) is 6.14. The smallest absolute Gasteiger partial charge is 0.261 e. The molecule has 106 valence electrons. The van der Waals surface area contributed by atoms with Gasteiger partial charge in [0.05, 0.1) is 22.9 Å². The van der Waals surface area contributed by atoms with Crippen molar-refractivity contribution in [1.29, 1.82) is 0 Å². The summed E-state index contributed by atoms with van der Waals surface area (Å²) in [4.78, 5) is 16.8. The van der Waals surface area contributed by atoms with Crippen LogP contribution in [0.25, 0.3) is 10.2 Å². The van der Waals surface area contributed by atoms with E-state index in [1.807, 2.05) is 24.3 Å². The Hall–Kier alpha value is -1.92. The molecule has 1 amide bonds. The van der Waals surface area contributed by atoms with Crippen LogP contribution in [-0.4, -0.2) is 18.0 Å². The molecule has 0 unspecified atom stereocenters. The zero-order valence-electron chi connectivity index (χ0n) is 11.1. The first-order valence-corrected chi connectivity index (χ1v) is 7.79. The number of nitrogens with one attached hydrogen (secondary N) is 1. The van der Waals surface area contributed by atoms with Gasteiger partial charge in [0.25, 0.3) is 5.91 Å². The van der Waals surface area contributed by atoms with E-state index in [2.05, 4.69) is 26.2 Å². The highest BCUT2D eigenvalue weighted by molar-refractivity contribution is 9.10. The van der Waals surface area contributed by atoms with Crippen molar-refractivity contribution >= 4 is 48.5 Å². The average molecular weight is 363 g/mol. The highest BCUT2D eigenvalue weighted by Gasteiger charge is 2.14. The van der Waals surface area contributed by atoms with Crippen LogP contribution in [0, 0.1) is 0 Å². The molecule has 0 spiro atoms. The molecule has 3 aromatic rings. The number of thiazole rings is 1. The summed E-state index contributed by atoms with van der Waals surface area (Å²) >= 11 is 4.89. The van der Waals surface area contributed by atoms with Crippen LogP contribution in [0.2, 0.25) is 0 Å². The Morgan fingerprint density at radius 3 is 2.81 bits per heavy atom. The maximum absolute atomic E-state index is 12.3. The molecule has 0 aliphatic heterocycles. The Morgan fingerprint density at radius 2 is 2.05 bits per heavy atom. The first kappa shape index (κ1) is 14.0. The van der Waals surface area contributed by atoms with Crippen molar-refractivity contribution in [3.63, 3.8) is 0 Å². The molecule has 1 N–H and O–H groups in total. The lowest BCUT2D eigenvalue weighted by Crippen LogP contribution is -2.12. The topological polar surface area (TPSA) is 51.2 Å². The zero-order valence-corrected chi connectivity index (χ0v) is 13.5. The van der Waals surface area contributed by atoms with E-state index in [-0.39, 0.29) is 5.91 Å². The number of methoxy groups -OCH3 is 1. The number of aromatic nitrogens is 1.